The van der Waals surface area contributed by atoms with Crippen LogP contribution in [-0.2, 0) is 16.9 Å². The number of hydrogen-bond donors (Lipinski definition) is 1. The number of furan rings is 1. The van der Waals surface area contributed by atoms with Gasteiger partial charge < -0.3 is 14.4 Å². The molecule has 2 aromatic carbocycles. The molecule has 6 heteroatoms. The molecular weight excluding hydrogens is 446 g/mol. The lowest BCUT2D eigenvalue weighted by Gasteiger charge is -2.23. The first kappa shape index (κ1) is 20.6. The Labute approximate surface area is 183 Å². The van der Waals surface area contributed by atoms with Crippen molar-refractivity contribution < 1.29 is 19.1 Å². The topological polar surface area (TPSA) is 70.8 Å². The van der Waals surface area contributed by atoms with Crippen molar-refractivity contribution in [1.29, 1.82) is 0 Å². The van der Waals surface area contributed by atoms with Crippen molar-refractivity contribution in [3.05, 3.63) is 86.8 Å². The summed E-state index contributed by atoms with van der Waals surface area (Å²) in [4.78, 5) is 28.0. The number of anilines is 1. The number of hydrogen-bond acceptors (Lipinski definition) is 4. The number of Topliss-reactive ketones (excluding diaryl/α,β-unsaturated/α-hetero) is 1. The summed E-state index contributed by atoms with van der Waals surface area (Å²) in [5.74, 6) is -0.335. The van der Waals surface area contributed by atoms with Gasteiger partial charge >= 0.3 is 0 Å². The second-order valence-electron chi connectivity index (χ2n) is 7.85. The van der Waals surface area contributed by atoms with Gasteiger partial charge in [0.25, 0.3) is 5.91 Å². The molecular formula is C24H22BrNO4. The monoisotopic (exact) mass is 467 g/mol. The van der Waals surface area contributed by atoms with E-state index in [4.69, 9.17) is 4.42 Å². The molecule has 0 saturated heterocycles. The van der Waals surface area contributed by atoms with Crippen LogP contribution in [0.3, 0.4) is 0 Å². The fraction of sp³-hybridized carbons (Fsp3) is 0.250. The van der Waals surface area contributed by atoms with E-state index in [1.807, 2.05) is 37.3 Å². The first-order valence-corrected chi connectivity index (χ1v) is 10.5. The average molecular weight is 468 g/mol. The van der Waals surface area contributed by atoms with Gasteiger partial charge in [0.15, 0.2) is 11.4 Å². The molecule has 0 fully saturated rings. The average Bonchev–Trinajstić information content (AvgIpc) is 3.13. The predicted octanol–water partition coefficient (Wildman–Crippen LogP) is 4.97. The van der Waals surface area contributed by atoms with Gasteiger partial charge in [-0.1, -0.05) is 45.8 Å². The molecule has 3 aromatic rings. The van der Waals surface area contributed by atoms with Gasteiger partial charge in [0, 0.05) is 10.0 Å². The highest BCUT2D eigenvalue weighted by Crippen LogP contribution is 2.45. The first-order valence-electron chi connectivity index (χ1n) is 9.68. The van der Waals surface area contributed by atoms with Crippen LogP contribution >= 0.6 is 15.9 Å². The number of nitrogens with zero attached hydrogens (tertiary/aromatic N) is 1. The molecule has 1 aliphatic heterocycles. The maximum atomic E-state index is 13.4. The van der Waals surface area contributed by atoms with Gasteiger partial charge in [-0.05, 0) is 50.1 Å². The summed E-state index contributed by atoms with van der Waals surface area (Å²) in [6, 6.07) is 13.2. The van der Waals surface area contributed by atoms with Crippen LogP contribution in [-0.4, -0.2) is 16.8 Å². The molecule has 0 radical (unpaired) electrons. The smallest absolute Gasteiger partial charge is 0.264 e. The van der Waals surface area contributed by atoms with E-state index in [1.165, 1.54) is 6.26 Å². The van der Waals surface area contributed by atoms with E-state index in [1.54, 1.807) is 30.9 Å². The summed E-state index contributed by atoms with van der Waals surface area (Å²) < 4.78 is 6.06. The summed E-state index contributed by atoms with van der Waals surface area (Å²) in [6.07, 6.45) is 1.16. The molecule has 0 saturated carbocycles. The molecule has 0 aliphatic carbocycles. The number of benzene rings is 2. The summed E-state index contributed by atoms with van der Waals surface area (Å²) >= 11 is 3.42. The fourth-order valence-corrected chi connectivity index (χ4v) is 4.40. The van der Waals surface area contributed by atoms with Crippen LogP contribution in [0.1, 0.15) is 44.8 Å². The Morgan fingerprint density at radius 1 is 1.13 bits per heavy atom. The van der Waals surface area contributed by atoms with Crippen LogP contribution in [0, 0.1) is 20.8 Å². The number of ketones is 1. The second-order valence-corrected chi connectivity index (χ2v) is 8.76. The van der Waals surface area contributed by atoms with Gasteiger partial charge in [-0.2, -0.15) is 0 Å². The largest absolute Gasteiger partial charge is 0.469 e. The standard InChI is InChI=1S/C24H22BrNO4/c1-14-4-6-17(7-5-14)12-26-20-9-8-18(25)10-19(20)24(29,23(26)28)11-21(27)22-15(2)13-30-16(22)3/h4-10,13,29H,11-12H2,1-3H3/t24-/m1/s1. The number of carbonyl (C=O) groups is 2. The van der Waals surface area contributed by atoms with Crippen LogP contribution < -0.4 is 4.90 Å². The SMILES string of the molecule is Cc1ccc(CN2C(=O)[C@@](O)(CC(=O)c3c(C)coc3C)c3cc(Br)ccc32)cc1. The minimum Gasteiger partial charge on any atom is -0.469 e. The van der Waals surface area contributed by atoms with E-state index in [0.29, 0.717) is 34.7 Å². The van der Waals surface area contributed by atoms with Gasteiger partial charge in [-0.15, -0.1) is 0 Å². The van der Waals surface area contributed by atoms with Crippen LogP contribution in [0.4, 0.5) is 5.69 Å². The zero-order valence-electron chi connectivity index (χ0n) is 17.0. The van der Waals surface area contributed by atoms with Crippen molar-refractivity contribution in [2.45, 2.75) is 39.3 Å². The molecule has 5 nitrogen and oxygen atoms in total. The number of aryl methyl sites for hydroxylation is 3. The van der Waals surface area contributed by atoms with E-state index in [-0.39, 0.29) is 12.2 Å². The van der Waals surface area contributed by atoms with Crippen molar-refractivity contribution in [2.75, 3.05) is 4.90 Å². The molecule has 1 atom stereocenters. The number of rotatable bonds is 5. The van der Waals surface area contributed by atoms with E-state index < -0.39 is 11.5 Å². The van der Waals surface area contributed by atoms with E-state index >= 15 is 0 Å². The minimum absolute atomic E-state index is 0.314. The zero-order valence-corrected chi connectivity index (χ0v) is 18.6. The lowest BCUT2D eigenvalue weighted by atomic mass is 9.87. The number of amides is 1. The number of fused-ring (bicyclic) bond motifs is 1. The molecule has 1 aromatic heterocycles. The molecule has 4 rings (SSSR count). The van der Waals surface area contributed by atoms with E-state index in [0.717, 1.165) is 15.6 Å². The van der Waals surface area contributed by atoms with E-state index in [2.05, 4.69) is 15.9 Å². The lowest BCUT2D eigenvalue weighted by Crippen LogP contribution is -2.41. The Balaban J connectivity index is 1.73. The summed E-state index contributed by atoms with van der Waals surface area (Å²) in [7, 11) is 0. The van der Waals surface area contributed by atoms with Gasteiger partial charge in [-0.3, -0.25) is 9.59 Å². The highest BCUT2D eigenvalue weighted by Gasteiger charge is 2.51. The molecule has 0 bridgehead atoms. The third kappa shape index (κ3) is 3.40. The quantitative estimate of drug-likeness (QED) is 0.537. The Hall–Kier alpha value is -2.70. The molecule has 0 spiro atoms. The molecule has 0 unspecified atom stereocenters. The van der Waals surface area contributed by atoms with Crippen LogP contribution in [0.25, 0.3) is 0 Å². The predicted molar refractivity (Wildman–Crippen MR) is 118 cm³/mol. The Morgan fingerprint density at radius 3 is 2.47 bits per heavy atom. The van der Waals surface area contributed by atoms with Crippen LogP contribution in [0.15, 0.2) is 57.6 Å². The summed E-state index contributed by atoms with van der Waals surface area (Å²) in [5, 5.41) is 11.5. The zero-order chi connectivity index (χ0) is 21.6. The maximum absolute atomic E-state index is 13.4. The van der Waals surface area contributed by atoms with Crippen molar-refractivity contribution >= 4 is 33.3 Å². The number of carbonyl (C=O) groups excluding carboxylic acids is 2. The van der Waals surface area contributed by atoms with Gasteiger partial charge in [0.1, 0.15) is 5.76 Å². The Morgan fingerprint density at radius 2 is 1.83 bits per heavy atom. The van der Waals surface area contributed by atoms with Crippen LogP contribution in [0.2, 0.25) is 0 Å². The molecule has 1 amide bonds. The first-order chi connectivity index (χ1) is 14.2. The molecule has 30 heavy (non-hydrogen) atoms. The third-order valence-corrected chi connectivity index (χ3v) is 6.10. The van der Waals surface area contributed by atoms with E-state index in [9.17, 15) is 14.7 Å². The molecule has 2 heterocycles. The Kier molecular flexibility index (Phi) is 5.16. The Bertz CT molecular complexity index is 1130. The van der Waals surface area contributed by atoms with Gasteiger partial charge in [-0.25, -0.2) is 0 Å². The maximum Gasteiger partial charge on any atom is 0.264 e. The number of aliphatic hydroxyl groups is 1. The molecule has 1 N–H and O–H groups in total. The fourth-order valence-electron chi connectivity index (χ4n) is 4.04. The normalized spacial score (nSPS) is 18.0. The van der Waals surface area contributed by atoms with Gasteiger partial charge in [0.2, 0.25) is 0 Å². The molecule has 154 valence electrons. The third-order valence-electron chi connectivity index (χ3n) is 5.61. The van der Waals surface area contributed by atoms with Crippen molar-refractivity contribution in [3.8, 4) is 0 Å². The van der Waals surface area contributed by atoms with Crippen molar-refractivity contribution in [2.24, 2.45) is 0 Å². The number of halogens is 1. The highest BCUT2D eigenvalue weighted by molar-refractivity contribution is 9.10. The summed E-state index contributed by atoms with van der Waals surface area (Å²) in [5.41, 5.74) is 2.30. The van der Waals surface area contributed by atoms with Crippen molar-refractivity contribution in [3.63, 3.8) is 0 Å². The van der Waals surface area contributed by atoms with Crippen LogP contribution in [0.5, 0.6) is 0 Å². The summed E-state index contributed by atoms with van der Waals surface area (Å²) in [6.45, 7) is 5.79. The minimum atomic E-state index is -1.93. The molecule has 1 aliphatic rings. The second kappa shape index (κ2) is 7.52. The van der Waals surface area contributed by atoms with Crippen molar-refractivity contribution in [1.82, 2.24) is 0 Å². The highest BCUT2D eigenvalue weighted by atomic mass is 79.9. The van der Waals surface area contributed by atoms with Gasteiger partial charge in [0.05, 0.1) is 30.5 Å². The lowest BCUT2D eigenvalue weighted by molar-refractivity contribution is -0.136.